The van der Waals surface area contributed by atoms with Crippen molar-refractivity contribution in [2.75, 3.05) is 21.1 Å². The minimum atomic E-state index is -0.137. The van der Waals surface area contributed by atoms with Gasteiger partial charge in [0.15, 0.2) is 0 Å². The summed E-state index contributed by atoms with van der Waals surface area (Å²) in [5.41, 5.74) is 0. The first-order chi connectivity index (χ1) is 3.85. The Morgan fingerprint density at radius 3 is 1.70 bits per heavy atom. The van der Waals surface area contributed by atoms with E-state index in [1.165, 1.54) is 6.92 Å². The van der Waals surface area contributed by atoms with Crippen LogP contribution in [0.3, 0.4) is 0 Å². The van der Waals surface area contributed by atoms with E-state index in [0.29, 0.717) is 4.59 Å². The summed E-state index contributed by atoms with van der Waals surface area (Å²) >= 11 is 0. The van der Waals surface area contributed by atoms with Crippen LogP contribution in [0.5, 0.6) is 0 Å². The smallest absolute Gasteiger partial charge is 0.282 e. The van der Waals surface area contributed by atoms with Crippen molar-refractivity contribution < 1.29 is 21.8 Å². The molecule has 0 atom stereocenters. The van der Waals surface area contributed by atoms with E-state index < -0.39 is 0 Å². The molecule has 4 nitrogen and oxygen atoms in total. The molecular formula is C5H14ClN3O. The summed E-state index contributed by atoms with van der Waals surface area (Å²) in [5, 5.41) is 1.15. The third-order valence-corrected chi connectivity index (χ3v) is 0.969. The maximum Gasteiger partial charge on any atom is 0.282 e. The lowest BCUT2D eigenvalue weighted by molar-refractivity contribution is -0.975. The number of rotatable bonds is 1. The quantitative estimate of drug-likeness (QED) is 0.189. The predicted octanol–water partition coefficient (Wildman–Crippen LogP) is -3.67. The van der Waals surface area contributed by atoms with Crippen LogP contribution in [-0.4, -0.2) is 36.8 Å². The number of hydrogen-bond donors (Lipinski definition) is 1. The average molecular weight is 168 g/mol. The van der Waals surface area contributed by atoms with E-state index in [2.05, 4.69) is 0 Å². The highest BCUT2D eigenvalue weighted by atomic mass is 35.5. The number of amides is 1. The van der Waals surface area contributed by atoms with Gasteiger partial charge in [0.2, 0.25) is 0 Å². The van der Waals surface area contributed by atoms with Crippen molar-refractivity contribution >= 4 is 5.91 Å². The molecule has 0 radical (unpaired) electrons. The number of carbonyl (C=O) groups is 1. The van der Waals surface area contributed by atoms with Crippen molar-refractivity contribution in [2.45, 2.75) is 6.92 Å². The highest BCUT2D eigenvalue weighted by Gasteiger charge is 2.18. The van der Waals surface area contributed by atoms with Gasteiger partial charge in [-0.3, -0.25) is 4.79 Å². The average Bonchev–Trinajstić information content (AvgIpc) is 1.62. The maximum absolute atomic E-state index is 10.6. The van der Waals surface area contributed by atoms with Gasteiger partial charge in [-0.15, -0.1) is 5.12 Å². The van der Waals surface area contributed by atoms with Gasteiger partial charge in [0.05, 0.1) is 21.1 Å². The molecule has 0 aromatic rings. The second-order valence-electron chi connectivity index (χ2n) is 2.81. The Bertz CT molecular complexity index is 121. The molecule has 0 aliphatic heterocycles. The molecule has 0 rings (SSSR count). The van der Waals surface area contributed by atoms with Gasteiger partial charge in [-0.05, 0) is 0 Å². The second kappa shape index (κ2) is 3.75. The third-order valence-electron chi connectivity index (χ3n) is 0.969. The number of halogens is 1. The van der Waals surface area contributed by atoms with Crippen molar-refractivity contribution in [3.05, 3.63) is 0 Å². The fourth-order valence-corrected chi connectivity index (χ4v) is 0.422. The molecule has 0 fully saturated rings. The molecule has 0 aliphatic carbocycles. The first-order valence-corrected chi connectivity index (χ1v) is 2.73. The molecule has 10 heavy (non-hydrogen) atoms. The lowest BCUT2D eigenvalue weighted by atomic mass is 10.7. The summed E-state index contributed by atoms with van der Waals surface area (Å²) < 4.78 is 0.329. The second-order valence-corrected chi connectivity index (χ2v) is 2.81. The van der Waals surface area contributed by atoms with E-state index in [4.69, 9.17) is 5.84 Å². The largest absolute Gasteiger partial charge is 1.00 e. The van der Waals surface area contributed by atoms with Gasteiger partial charge in [-0.25, -0.2) is 4.59 Å². The molecule has 0 heterocycles. The fraction of sp³-hybridized carbons (Fsp3) is 0.800. The van der Waals surface area contributed by atoms with Crippen LogP contribution in [0.25, 0.3) is 0 Å². The number of nitrogens with zero attached hydrogens (tertiary/aromatic N) is 2. The number of carbonyl (C=O) groups excluding carboxylic acids is 1. The molecule has 0 bridgehead atoms. The molecule has 0 aromatic heterocycles. The molecule has 62 valence electrons. The fourth-order valence-electron chi connectivity index (χ4n) is 0.422. The van der Waals surface area contributed by atoms with E-state index in [-0.39, 0.29) is 18.3 Å². The van der Waals surface area contributed by atoms with Gasteiger partial charge in [0, 0.05) is 6.92 Å². The SMILES string of the molecule is CC(=O)N(N)[N+](C)(C)C.[Cl-]. The zero-order chi connectivity index (χ0) is 7.65. The summed E-state index contributed by atoms with van der Waals surface area (Å²) in [6.45, 7) is 1.43. The molecule has 5 heteroatoms. The number of hydrazine groups is 1. The Balaban J connectivity index is 0. The van der Waals surface area contributed by atoms with Crippen molar-refractivity contribution in [1.82, 2.24) is 5.12 Å². The summed E-state index contributed by atoms with van der Waals surface area (Å²) in [6.07, 6.45) is 0. The summed E-state index contributed by atoms with van der Waals surface area (Å²) in [6, 6.07) is 0. The van der Waals surface area contributed by atoms with Crippen LogP contribution in [0.2, 0.25) is 0 Å². The zero-order valence-electron chi connectivity index (χ0n) is 6.76. The van der Waals surface area contributed by atoms with Crippen molar-refractivity contribution in [1.29, 1.82) is 0 Å². The van der Waals surface area contributed by atoms with Gasteiger partial charge in [0.25, 0.3) is 5.91 Å². The highest BCUT2D eigenvalue weighted by molar-refractivity contribution is 5.71. The standard InChI is InChI=1S/C5H14N3O.ClH/c1-5(9)7(6)8(2,3)4;/h6H2,1-4H3;1H/q+1;/p-1. The highest BCUT2D eigenvalue weighted by Crippen LogP contribution is 1.92. The van der Waals surface area contributed by atoms with Crippen LogP contribution in [0.4, 0.5) is 0 Å². The van der Waals surface area contributed by atoms with Crippen LogP contribution in [-0.2, 0) is 4.79 Å². The van der Waals surface area contributed by atoms with Gasteiger partial charge in [0.1, 0.15) is 0 Å². The minimum Gasteiger partial charge on any atom is -1.00 e. The van der Waals surface area contributed by atoms with Crippen LogP contribution < -0.4 is 18.2 Å². The van der Waals surface area contributed by atoms with Gasteiger partial charge in [-0.2, -0.15) is 5.84 Å². The van der Waals surface area contributed by atoms with Gasteiger partial charge < -0.3 is 12.4 Å². The van der Waals surface area contributed by atoms with Gasteiger partial charge >= 0.3 is 0 Å². The number of hydrogen-bond acceptors (Lipinski definition) is 2. The van der Waals surface area contributed by atoms with E-state index in [9.17, 15) is 4.79 Å². The lowest BCUT2D eigenvalue weighted by Crippen LogP contribution is -3.00. The van der Waals surface area contributed by atoms with Crippen LogP contribution in [0.15, 0.2) is 0 Å². The third kappa shape index (κ3) is 3.66. The Morgan fingerprint density at radius 2 is 1.70 bits per heavy atom. The summed E-state index contributed by atoms with van der Waals surface area (Å²) in [7, 11) is 5.46. The molecular weight excluding hydrogens is 154 g/mol. The molecule has 0 aliphatic rings. The molecule has 0 saturated heterocycles. The molecule has 0 aromatic carbocycles. The van der Waals surface area contributed by atoms with E-state index in [1.54, 1.807) is 0 Å². The molecule has 0 saturated carbocycles. The first-order valence-electron chi connectivity index (χ1n) is 2.73. The topological polar surface area (TPSA) is 46.3 Å². The normalized spacial score (nSPS) is 10.1. The molecule has 0 unspecified atom stereocenters. The lowest BCUT2D eigenvalue weighted by Gasteiger charge is -2.30. The predicted molar refractivity (Wildman–Crippen MR) is 34.7 cm³/mol. The molecule has 1 amide bonds. The van der Waals surface area contributed by atoms with Crippen molar-refractivity contribution in [3.63, 3.8) is 0 Å². The van der Waals surface area contributed by atoms with Crippen molar-refractivity contribution in [3.8, 4) is 0 Å². The van der Waals surface area contributed by atoms with Gasteiger partial charge in [-0.1, -0.05) is 0 Å². The van der Waals surface area contributed by atoms with Crippen LogP contribution in [0.1, 0.15) is 6.92 Å². The summed E-state index contributed by atoms with van der Waals surface area (Å²) in [5.74, 6) is 5.21. The summed E-state index contributed by atoms with van der Waals surface area (Å²) in [4.78, 5) is 10.6. The Labute approximate surface area is 67.5 Å². The number of quaternary nitrogens is 1. The first kappa shape index (κ1) is 12.4. The minimum absolute atomic E-state index is 0. The van der Waals surface area contributed by atoms with Crippen LogP contribution in [0, 0.1) is 0 Å². The maximum atomic E-state index is 10.6. The van der Waals surface area contributed by atoms with E-state index in [0.717, 1.165) is 5.12 Å². The Kier molecular flexibility index (Phi) is 4.64. The van der Waals surface area contributed by atoms with E-state index >= 15 is 0 Å². The molecule has 0 spiro atoms. The van der Waals surface area contributed by atoms with E-state index in [1.807, 2.05) is 21.1 Å². The van der Waals surface area contributed by atoms with Crippen molar-refractivity contribution in [2.24, 2.45) is 5.84 Å². The zero-order valence-corrected chi connectivity index (χ0v) is 7.51. The molecule has 2 N–H and O–H groups in total. The number of nitrogens with two attached hydrogens (primary N) is 1. The Hall–Kier alpha value is -0.320. The monoisotopic (exact) mass is 167 g/mol. The van der Waals surface area contributed by atoms with Crippen LogP contribution >= 0.6 is 0 Å². The Morgan fingerprint density at radius 1 is 1.40 bits per heavy atom.